The molecule has 1 atom stereocenters. The molecule has 170 valence electrons. The molecular formula is C27H28N2O4. The van der Waals surface area contributed by atoms with Gasteiger partial charge in [-0.3, -0.25) is 9.59 Å². The number of ether oxygens (including phenoxy) is 1. The average molecular weight is 445 g/mol. The first kappa shape index (κ1) is 22.6. The number of hydrogen-bond acceptors (Lipinski definition) is 6. The van der Waals surface area contributed by atoms with Gasteiger partial charge in [-0.05, 0) is 43.2 Å². The quantitative estimate of drug-likeness (QED) is 0.306. The van der Waals surface area contributed by atoms with Crippen LogP contribution in [-0.2, 0) is 15.1 Å². The van der Waals surface area contributed by atoms with Crippen molar-refractivity contribution in [2.75, 3.05) is 23.4 Å². The van der Waals surface area contributed by atoms with E-state index in [-0.39, 0.29) is 18.8 Å². The van der Waals surface area contributed by atoms with E-state index in [1.165, 1.54) is 0 Å². The van der Waals surface area contributed by atoms with E-state index in [9.17, 15) is 14.7 Å². The second-order valence-electron chi connectivity index (χ2n) is 7.97. The van der Waals surface area contributed by atoms with Crippen LogP contribution in [0.5, 0.6) is 0 Å². The minimum absolute atomic E-state index is 0.239. The first-order valence-corrected chi connectivity index (χ1v) is 11.2. The number of benzene rings is 3. The van der Waals surface area contributed by atoms with Gasteiger partial charge in [0.1, 0.15) is 12.6 Å². The van der Waals surface area contributed by atoms with Gasteiger partial charge in [0.15, 0.2) is 11.4 Å². The van der Waals surface area contributed by atoms with Gasteiger partial charge >= 0.3 is 5.97 Å². The smallest absolute Gasteiger partial charge is 0.313 e. The lowest BCUT2D eigenvalue weighted by atomic mass is 9.83. The summed E-state index contributed by atoms with van der Waals surface area (Å²) in [6.45, 7) is 4.56. The van der Waals surface area contributed by atoms with Crippen molar-refractivity contribution in [2.45, 2.75) is 32.0 Å². The molecule has 0 spiro atoms. The van der Waals surface area contributed by atoms with E-state index in [0.29, 0.717) is 12.1 Å². The Morgan fingerprint density at radius 2 is 1.58 bits per heavy atom. The van der Waals surface area contributed by atoms with Crippen LogP contribution in [0.15, 0.2) is 78.9 Å². The summed E-state index contributed by atoms with van der Waals surface area (Å²) < 4.78 is 4.91. The molecule has 6 nitrogen and oxygen atoms in total. The van der Waals surface area contributed by atoms with Crippen LogP contribution in [-0.4, -0.2) is 36.2 Å². The van der Waals surface area contributed by atoms with Crippen LogP contribution in [0.25, 0.3) is 0 Å². The molecule has 1 heterocycles. The molecule has 0 radical (unpaired) electrons. The predicted molar refractivity (Wildman–Crippen MR) is 128 cm³/mol. The molecular weight excluding hydrogens is 416 g/mol. The van der Waals surface area contributed by atoms with Gasteiger partial charge in [0, 0.05) is 12.1 Å². The van der Waals surface area contributed by atoms with Crippen molar-refractivity contribution in [3.05, 3.63) is 95.6 Å². The number of ketones is 1. The number of Topliss-reactive ketones (excluding diaryl/α,β-unsaturated/α-hetero) is 1. The van der Waals surface area contributed by atoms with Gasteiger partial charge in [0.25, 0.3) is 0 Å². The number of carbonyl (C=O) groups excluding carboxylic acids is 2. The number of carbonyl (C=O) groups is 2. The van der Waals surface area contributed by atoms with E-state index < -0.39 is 17.7 Å². The van der Waals surface area contributed by atoms with Crippen molar-refractivity contribution in [2.24, 2.45) is 0 Å². The van der Waals surface area contributed by atoms with Gasteiger partial charge in [-0.15, -0.1) is 0 Å². The minimum Gasteiger partial charge on any atom is -0.466 e. The normalized spacial score (nSPS) is 15.0. The Hall–Kier alpha value is -3.64. The molecule has 4 rings (SSSR count). The molecule has 1 aliphatic rings. The first-order chi connectivity index (χ1) is 16.0. The molecule has 1 unspecified atom stereocenters. The van der Waals surface area contributed by atoms with Gasteiger partial charge in [-0.2, -0.15) is 0 Å². The highest BCUT2D eigenvalue weighted by molar-refractivity contribution is 6.07. The highest BCUT2D eigenvalue weighted by atomic mass is 16.5. The Balaban J connectivity index is 1.73. The van der Waals surface area contributed by atoms with E-state index in [1.807, 2.05) is 73.7 Å². The summed E-state index contributed by atoms with van der Waals surface area (Å²) in [5, 5.41) is 15.7. The van der Waals surface area contributed by atoms with Crippen LogP contribution in [0.1, 0.15) is 41.8 Å². The number of esters is 1. The highest BCUT2D eigenvalue weighted by Gasteiger charge is 2.47. The van der Waals surface area contributed by atoms with Gasteiger partial charge < -0.3 is 20.1 Å². The van der Waals surface area contributed by atoms with Crippen molar-refractivity contribution >= 4 is 23.1 Å². The van der Waals surface area contributed by atoms with Gasteiger partial charge in [-0.1, -0.05) is 60.7 Å². The molecule has 6 heteroatoms. The highest BCUT2D eigenvalue weighted by Crippen LogP contribution is 2.44. The van der Waals surface area contributed by atoms with E-state index in [0.717, 1.165) is 22.5 Å². The topological polar surface area (TPSA) is 78.9 Å². The Labute approximate surface area is 193 Å². The number of rotatable bonds is 8. The standard InChI is InChI=1S/C27H28N2O4/c1-3-29-23-17-19(24(30)18-25(31)33-4-2)15-16-22(23)28-26(29)27(32,20-11-7-5-8-12-20)21-13-9-6-10-14-21/h5-17,26,28,32H,3-4,18H2,1-2H3. The van der Waals surface area contributed by atoms with Gasteiger partial charge in [0.2, 0.25) is 0 Å². The zero-order valence-electron chi connectivity index (χ0n) is 18.8. The van der Waals surface area contributed by atoms with Crippen LogP contribution >= 0.6 is 0 Å². The maximum atomic E-state index is 12.7. The van der Waals surface area contributed by atoms with Crippen molar-refractivity contribution in [3.63, 3.8) is 0 Å². The Bertz CT molecular complexity index is 1090. The lowest BCUT2D eigenvalue weighted by Crippen LogP contribution is -2.53. The molecule has 0 saturated carbocycles. The molecule has 0 aromatic heterocycles. The summed E-state index contributed by atoms with van der Waals surface area (Å²) in [4.78, 5) is 26.5. The number of hydrogen-bond donors (Lipinski definition) is 2. The number of likely N-dealkylation sites (N-methyl/N-ethyl adjacent to an activating group) is 1. The zero-order valence-corrected chi connectivity index (χ0v) is 18.8. The van der Waals surface area contributed by atoms with Gasteiger partial charge in [-0.25, -0.2) is 0 Å². The summed E-state index contributed by atoms with van der Waals surface area (Å²) >= 11 is 0. The Morgan fingerprint density at radius 1 is 0.970 bits per heavy atom. The fourth-order valence-corrected chi connectivity index (χ4v) is 4.42. The maximum absolute atomic E-state index is 12.7. The molecule has 1 aliphatic heterocycles. The molecule has 0 aliphatic carbocycles. The van der Waals surface area contributed by atoms with Crippen LogP contribution < -0.4 is 10.2 Å². The van der Waals surface area contributed by atoms with Crippen molar-refractivity contribution < 1.29 is 19.4 Å². The molecule has 0 bridgehead atoms. The molecule has 0 fully saturated rings. The molecule has 33 heavy (non-hydrogen) atoms. The summed E-state index contributed by atoms with van der Waals surface area (Å²) in [6.07, 6.45) is -0.800. The fourth-order valence-electron chi connectivity index (χ4n) is 4.42. The lowest BCUT2D eigenvalue weighted by Gasteiger charge is -2.40. The van der Waals surface area contributed by atoms with E-state index in [2.05, 4.69) is 10.2 Å². The van der Waals surface area contributed by atoms with Crippen molar-refractivity contribution in [1.29, 1.82) is 0 Å². The SMILES string of the molecule is CCOC(=O)CC(=O)c1ccc2c(c1)N(CC)C(C(O)(c1ccccc1)c1ccccc1)N2. The predicted octanol–water partition coefficient (Wildman–Crippen LogP) is 4.34. The third-order valence-electron chi connectivity index (χ3n) is 6.01. The van der Waals surface area contributed by atoms with Crippen LogP contribution in [0.2, 0.25) is 0 Å². The Morgan fingerprint density at radius 3 is 2.12 bits per heavy atom. The second kappa shape index (κ2) is 9.46. The van der Waals surface area contributed by atoms with Gasteiger partial charge in [0.05, 0.1) is 18.0 Å². The van der Waals surface area contributed by atoms with E-state index in [1.54, 1.807) is 19.1 Å². The number of fused-ring (bicyclic) bond motifs is 1. The average Bonchev–Trinajstić information content (AvgIpc) is 3.23. The summed E-state index contributed by atoms with van der Waals surface area (Å²) in [6, 6.07) is 24.5. The summed E-state index contributed by atoms with van der Waals surface area (Å²) in [7, 11) is 0. The summed E-state index contributed by atoms with van der Waals surface area (Å²) in [5.41, 5.74) is 2.23. The number of nitrogens with zero attached hydrogens (tertiary/aromatic N) is 1. The molecule has 3 aromatic carbocycles. The van der Waals surface area contributed by atoms with Crippen LogP contribution in [0.4, 0.5) is 11.4 Å². The van der Waals surface area contributed by atoms with Crippen molar-refractivity contribution in [1.82, 2.24) is 0 Å². The minimum atomic E-state index is -1.35. The third kappa shape index (κ3) is 4.22. The molecule has 0 amide bonds. The third-order valence-corrected chi connectivity index (χ3v) is 6.01. The molecule has 3 aromatic rings. The number of aliphatic hydroxyl groups is 1. The zero-order chi connectivity index (χ0) is 23.4. The largest absolute Gasteiger partial charge is 0.466 e. The van der Waals surface area contributed by atoms with Crippen molar-refractivity contribution in [3.8, 4) is 0 Å². The second-order valence-corrected chi connectivity index (χ2v) is 7.97. The number of nitrogens with one attached hydrogen (secondary N) is 1. The maximum Gasteiger partial charge on any atom is 0.313 e. The lowest BCUT2D eigenvalue weighted by molar-refractivity contribution is -0.141. The van der Waals surface area contributed by atoms with Crippen LogP contribution in [0.3, 0.4) is 0 Å². The van der Waals surface area contributed by atoms with E-state index >= 15 is 0 Å². The molecule has 0 saturated heterocycles. The molecule has 2 N–H and O–H groups in total. The monoisotopic (exact) mass is 444 g/mol. The fraction of sp³-hybridized carbons (Fsp3) is 0.259. The first-order valence-electron chi connectivity index (χ1n) is 11.2. The van der Waals surface area contributed by atoms with Crippen LogP contribution in [0, 0.1) is 0 Å². The summed E-state index contributed by atoms with van der Waals surface area (Å²) in [5.74, 6) is -0.828. The van der Waals surface area contributed by atoms with E-state index in [4.69, 9.17) is 4.74 Å². The Kier molecular flexibility index (Phi) is 6.47. The number of anilines is 2.